The number of carbonyl (C=O) groups is 1. The zero-order valence-electron chi connectivity index (χ0n) is 16.3. The van der Waals surface area contributed by atoms with E-state index in [9.17, 15) is 9.59 Å². The lowest BCUT2D eigenvalue weighted by atomic mass is 9.84. The molecular weight excluding hydrogens is 374 g/mol. The van der Waals surface area contributed by atoms with E-state index in [1.54, 1.807) is 24.0 Å². The molecule has 1 aromatic heterocycles. The number of nitrogens with zero attached hydrogens (tertiary/aromatic N) is 1. The van der Waals surface area contributed by atoms with E-state index in [1.807, 2.05) is 18.2 Å². The molecular formula is C22H23NO6. The van der Waals surface area contributed by atoms with Crippen molar-refractivity contribution in [2.24, 2.45) is 0 Å². The van der Waals surface area contributed by atoms with Gasteiger partial charge in [0.15, 0.2) is 23.4 Å². The Morgan fingerprint density at radius 1 is 1.14 bits per heavy atom. The summed E-state index contributed by atoms with van der Waals surface area (Å²) in [6.07, 6.45) is 2.14. The molecule has 7 heteroatoms. The van der Waals surface area contributed by atoms with Crippen molar-refractivity contribution < 1.29 is 23.4 Å². The Kier molecular flexibility index (Phi) is 4.35. The second-order valence-corrected chi connectivity index (χ2v) is 7.93. The smallest absolute Gasteiger partial charge is 0.349 e. The molecule has 0 N–H and O–H groups in total. The molecule has 0 radical (unpaired) electrons. The van der Waals surface area contributed by atoms with Gasteiger partial charge >= 0.3 is 5.63 Å². The third-order valence-electron chi connectivity index (χ3n) is 6.14. The molecule has 1 spiro atoms. The van der Waals surface area contributed by atoms with Crippen molar-refractivity contribution >= 4 is 5.91 Å². The van der Waals surface area contributed by atoms with Gasteiger partial charge in [-0.05, 0) is 49.9 Å². The van der Waals surface area contributed by atoms with Crippen molar-refractivity contribution in [3.8, 4) is 11.5 Å². The van der Waals surface area contributed by atoms with E-state index in [0.29, 0.717) is 35.9 Å². The Balaban J connectivity index is 1.35. The van der Waals surface area contributed by atoms with Gasteiger partial charge in [0.05, 0.1) is 12.2 Å². The summed E-state index contributed by atoms with van der Waals surface area (Å²) in [5, 5.41) is 0. The minimum atomic E-state index is -0.632. The lowest BCUT2D eigenvalue weighted by Crippen LogP contribution is -2.53. The number of piperidine rings is 1. The molecule has 4 heterocycles. The first-order chi connectivity index (χ1) is 14.0. The van der Waals surface area contributed by atoms with Gasteiger partial charge in [0.2, 0.25) is 0 Å². The number of likely N-dealkylation sites (tertiary alicyclic amines) is 1. The number of ether oxygens (including phenoxy) is 3. The highest BCUT2D eigenvalue weighted by molar-refractivity contribution is 5.95. The molecule has 152 valence electrons. The highest BCUT2D eigenvalue weighted by Gasteiger charge is 2.42. The number of para-hydroxylation sites is 2. The normalized spacial score (nSPS) is 22.2. The van der Waals surface area contributed by atoms with Gasteiger partial charge in [-0.25, -0.2) is 4.79 Å². The van der Waals surface area contributed by atoms with E-state index in [1.165, 1.54) is 0 Å². The van der Waals surface area contributed by atoms with E-state index < -0.39 is 11.7 Å². The highest BCUT2D eigenvalue weighted by Crippen LogP contribution is 2.38. The maximum Gasteiger partial charge on any atom is 0.349 e. The highest BCUT2D eigenvalue weighted by atomic mass is 16.6. The predicted molar refractivity (Wildman–Crippen MR) is 103 cm³/mol. The molecule has 0 bridgehead atoms. The molecule has 3 aliphatic rings. The van der Waals surface area contributed by atoms with Gasteiger partial charge in [-0.1, -0.05) is 12.1 Å². The van der Waals surface area contributed by atoms with Gasteiger partial charge in [0.25, 0.3) is 5.91 Å². The number of rotatable bonds is 2. The molecule has 1 unspecified atom stereocenters. The molecule has 0 aliphatic carbocycles. The topological polar surface area (TPSA) is 78.2 Å². The predicted octanol–water partition coefficient (Wildman–Crippen LogP) is 2.86. The quantitative estimate of drug-likeness (QED) is 0.776. The first-order valence-corrected chi connectivity index (χ1v) is 10.0. The standard InChI is InChI=1S/C22H23NO6/c1-14-12-17(18-13-26-15-4-2-3-5-16(15)28-18)29-21(25)19(14)20(24)23-9-6-22(7-10-23)8-11-27-22/h2-5,12,18H,6-11,13H2,1H3. The first kappa shape index (κ1) is 18.2. The van der Waals surface area contributed by atoms with Crippen LogP contribution in [0.15, 0.2) is 39.5 Å². The monoisotopic (exact) mass is 397 g/mol. The van der Waals surface area contributed by atoms with E-state index in [-0.39, 0.29) is 23.7 Å². The number of amides is 1. The molecule has 2 saturated heterocycles. The van der Waals surface area contributed by atoms with Crippen LogP contribution in [-0.2, 0) is 4.74 Å². The fourth-order valence-corrected chi connectivity index (χ4v) is 4.27. The van der Waals surface area contributed by atoms with Crippen LogP contribution < -0.4 is 15.1 Å². The summed E-state index contributed by atoms with van der Waals surface area (Å²) in [5.74, 6) is 1.35. The van der Waals surface area contributed by atoms with Crippen molar-refractivity contribution in [1.29, 1.82) is 0 Å². The van der Waals surface area contributed by atoms with Crippen LogP contribution in [0.3, 0.4) is 0 Å². The average molecular weight is 397 g/mol. The van der Waals surface area contributed by atoms with E-state index in [0.717, 1.165) is 25.9 Å². The van der Waals surface area contributed by atoms with Gasteiger partial charge in [-0.3, -0.25) is 4.79 Å². The fraction of sp³-hybridized carbons (Fsp3) is 0.455. The Morgan fingerprint density at radius 2 is 1.86 bits per heavy atom. The molecule has 1 amide bonds. The SMILES string of the molecule is Cc1cc(C2COc3ccccc3O2)oc(=O)c1C(=O)N1CCC2(CCO2)CC1. The lowest BCUT2D eigenvalue weighted by Gasteiger charge is -2.47. The van der Waals surface area contributed by atoms with Gasteiger partial charge < -0.3 is 23.5 Å². The summed E-state index contributed by atoms with van der Waals surface area (Å²) < 4.78 is 22.8. The molecule has 3 aliphatic heterocycles. The number of carbonyl (C=O) groups excluding carboxylic acids is 1. The van der Waals surface area contributed by atoms with Crippen LogP contribution in [0.4, 0.5) is 0 Å². The number of hydrogen-bond acceptors (Lipinski definition) is 6. The molecule has 0 saturated carbocycles. The minimum Gasteiger partial charge on any atom is -0.485 e. The van der Waals surface area contributed by atoms with Crippen LogP contribution in [0, 0.1) is 6.92 Å². The molecule has 29 heavy (non-hydrogen) atoms. The van der Waals surface area contributed by atoms with E-state index in [4.69, 9.17) is 18.6 Å². The van der Waals surface area contributed by atoms with Gasteiger partial charge in [0, 0.05) is 13.1 Å². The molecule has 5 rings (SSSR count). The summed E-state index contributed by atoms with van der Waals surface area (Å²) in [4.78, 5) is 27.4. The average Bonchev–Trinajstić information content (AvgIpc) is 2.71. The van der Waals surface area contributed by atoms with E-state index in [2.05, 4.69) is 0 Å². The van der Waals surface area contributed by atoms with Crippen LogP contribution in [0.25, 0.3) is 0 Å². The lowest BCUT2D eigenvalue weighted by molar-refractivity contribution is -0.169. The van der Waals surface area contributed by atoms with Crippen LogP contribution in [0.2, 0.25) is 0 Å². The third-order valence-corrected chi connectivity index (χ3v) is 6.14. The third kappa shape index (κ3) is 3.19. The summed E-state index contributed by atoms with van der Waals surface area (Å²) >= 11 is 0. The fourth-order valence-electron chi connectivity index (χ4n) is 4.27. The maximum absolute atomic E-state index is 13.0. The number of aryl methyl sites for hydroxylation is 1. The molecule has 1 atom stereocenters. The Hall–Kier alpha value is -2.80. The summed E-state index contributed by atoms with van der Waals surface area (Å²) in [6.45, 7) is 3.98. The van der Waals surface area contributed by atoms with Crippen molar-refractivity contribution in [3.05, 3.63) is 57.6 Å². The van der Waals surface area contributed by atoms with E-state index >= 15 is 0 Å². The van der Waals surface area contributed by atoms with Crippen LogP contribution in [0.5, 0.6) is 11.5 Å². The largest absolute Gasteiger partial charge is 0.485 e. The van der Waals surface area contributed by atoms with Crippen molar-refractivity contribution in [1.82, 2.24) is 4.90 Å². The molecule has 1 aromatic carbocycles. The second kappa shape index (κ2) is 6.91. The minimum absolute atomic E-state index is 0.0467. The number of hydrogen-bond donors (Lipinski definition) is 0. The summed E-state index contributed by atoms with van der Waals surface area (Å²) in [7, 11) is 0. The number of fused-ring (bicyclic) bond motifs is 1. The zero-order valence-corrected chi connectivity index (χ0v) is 16.3. The first-order valence-electron chi connectivity index (χ1n) is 10.0. The molecule has 7 nitrogen and oxygen atoms in total. The Bertz CT molecular complexity index is 999. The van der Waals surface area contributed by atoms with Crippen molar-refractivity contribution in [2.45, 2.75) is 37.9 Å². The summed E-state index contributed by atoms with van der Waals surface area (Å²) in [6, 6.07) is 9.06. The van der Waals surface area contributed by atoms with Gasteiger partial charge in [-0.15, -0.1) is 0 Å². The summed E-state index contributed by atoms with van der Waals surface area (Å²) in [5.41, 5.74) is 0.00230. The van der Waals surface area contributed by atoms with Crippen molar-refractivity contribution in [3.63, 3.8) is 0 Å². The maximum atomic E-state index is 13.0. The van der Waals surface area contributed by atoms with Crippen LogP contribution >= 0.6 is 0 Å². The van der Waals surface area contributed by atoms with Crippen LogP contribution in [0.1, 0.15) is 47.0 Å². The number of benzene rings is 1. The molecule has 2 aromatic rings. The Morgan fingerprint density at radius 3 is 2.52 bits per heavy atom. The van der Waals surface area contributed by atoms with Gasteiger partial charge in [0.1, 0.15) is 12.2 Å². The van der Waals surface area contributed by atoms with Gasteiger partial charge in [-0.2, -0.15) is 0 Å². The Labute approximate surface area is 168 Å². The van der Waals surface area contributed by atoms with Crippen molar-refractivity contribution in [2.75, 3.05) is 26.3 Å². The second-order valence-electron chi connectivity index (χ2n) is 7.93. The van der Waals surface area contributed by atoms with Crippen LogP contribution in [-0.4, -0.2) is 42.7 Å². The zero-order chi connectivity index (χ0) is 20.0. The molecule has 2 fully saturated rings.